The zero-order valence-electron chi connectivity index (χ0n) is 10.8. The lowest BCUT2D eigenvalue weighted by atomic mass is 10.1. The van der Waals surface area contributed by atoms with Gasteiger partial charge in [0.05, 0.1) is 5.56 Å². The normalized spacial score (nSPS) is 11.8. The average Bonchev–Trinajstić information content (AvgIpc) is 2.48. The second-order valence-corrected chi connectivity index (χ2v) is 4.70. The monoisotopic (exact) mass is 290 g/mol. The van der Waals surface area contributed by atoms with Crippen molar-refractivity contribution in [3.63, 3.8) is 0 Å². The lowest BCUT2D eigenvalue weighted by Crippen LogP contribution is -2.08. The number of rotatable bonds is 6. The molecule has 3 nitrogen and oxygen atoms in total. The predicted molar refractivity (Wildman–Crippen MR) is 78.5 cm³/mol. The molecule has 4 heteroatoms. The molecule has 2 rings (SSSR count). The van der Waals surface area contributed by atoms with Crippen LogP contribution in [0.1, 0.15) is 28.4 Å². The lowest BCUT2D eigenvalue weighted by molar-refractivity contribution is 0.0697. The van der Waals surface area contributed by atoms with Crippen molar-refractivity contribution in [1.82, 2.24) is 0 Å². The molecule has 0 spiro atoms. The molecule has 2 aromatic rings. The van der Waals surface area contributed by atoms with E-state index in [1.54, 1.807) is 12.1 Å². The fourth-order valence-corrected chi connectivity index (χ4v) is 2.10. The first-order valence-corrected chi connectivity index (χ1v) is 6.85. The Labute approximate surface area is 122 Å². The van der Waals surface area contributed by atoms with Crippen molar-refractivity contribution in [3.8, 4) is 5.75 Å². The highest BCUT2D eigenvalue weighted by molar-refractivity contribution is 6.17. The Morgan fingerprint density at radius 2 is 1.75 bits per heavy atom. The SMILES string of the molecule is O=C(O)c1ccc(OC(CCCl)c2ccccc2)cc1. The standard InChI is InChI=1S/C16H15ClO3/c17-11-10-15(12-4-2-1-3-5-12)20-14-8-6-13(7-9-14)16(18)19/h1-9,15H,10-11H2,(H,18,19). The molecule has 0 aromatic heterocycles. The fourth-order valence-electron chi connectivity index (χ4n) is 1.90. The molecule has 1 N–H and O–H groups in total. The summed E-state index contributed by atoms with van der Waals surface area (Å²) in [5.41, 5.74) is 1.29. The van der Waals surface area contributed by atoms with Crippen LogP contribution in [0.3, 0.4) is 0 Å². The molecule has 0 bridgehead atoms. The van der Waals surface area contributed by atoms with Gasteiger partial charge in [0.1, 0.15) is 11.9 Å². The summed E-state index contributed by atoms with van der Waals surface area (Å²) in [7, 11) is 0. The molecular weight excluding hydrogens is 276 g/mol. The van der Waals surface area contributed by atoms with Crippen molar-refractivity contribution in [2.24, 2.45) is 0 Å². The van der Waals surface area contributed by atoms with Crippen LogP contribution in [0, 0.1) is 0 Å². The maximum absolute atomic E-state index is 10.8. The molecule has 1 unspecified atom stereocenters. The number of aromatic carboxylic acids is 1. The molecule has 0 heterocycles. The second-order valence-electron chi connectivity index (χ2n) is 4.32. The number of carboxylic acids is 1. The van der Waals surface area contributed by atoms with Gasteiger partial charge in [-0.05, 0) is 29.8 Å². The zero-order chi connectivity index (χ0) is 14.4. The summed E-state index contributed by atoms with van der Waals surface area (Å²) in [6.07, 6.45) is 0.552. The summed E-state index contributed by atoms with van der Waals surface area (Å²) < 4.78 is 5.90. The Morgan fingerprint density at radius 1 is 1.10 bits per heavy atom. The van der Waals surface area contributed by atoms with E-state index in [1.807, 2.05) is 30.3 Å². The molecule has 0 fully saturated rings. The van der Waals surface area contributed by atoms with Gasteiger partial charge < -0.3 is 9.84 Å². The van der Waals surface area contributed by atoms with Gasteiger partial charge in [-0.25, -0.2) is 4.79 Å². The molecule has 0 saturated heterocycles. The van der Waals surface area contributed by atoms with Crippen molar-refractivity contribution < 1.29 is 14.6 Å². The van der Waals surface area contributed by atoms with Gasteiger partial charge in [0, 0.05) is 12.3 Å². The molecule has 104 valence electrons. The van der Waals surface area contributed by atoms with E-state index in [2.05, 4.69) is 0 Å². The van der Waals surface area contributed by atoms with Crippen molar-refractivity contribution in [2.45, 2.75) is 12.5 Å². The van der Waals surface area contributed by atoms with Crippen LogP contribution >= 0.6 is 11.6 Å². The molecule has 0 amide bonds. The molecule has 0 radical (unpaired) electrons. The minimum Gasteiger partial charge on any atom is -0.486 e. The van der Waals surface area contributed by atoms with Crippen LogP contribution in [0.15, 0.2) is 54.6 Å². The average molecular weight is 291 g/mol. The first kappa shape index (κ1) is 14.4. The van der Waals surface area contributed by atoms with Gasteiger partial charge in [-0.2, -0.15) is 0 Å². The molecule has 2 aromatic carbocycles. The van der Waals surface area contributed by atoms with Crippen LogP contribution in [0.4, 0.5) is 0 Å². The highest BCUT2D eigenvalue weighted by Gasteiger charge is 2.13. The molecule has 20 heavy (non-hydrogen) atoms. The summed E-state index contributed by atoms with van der Waals surface area (Å²) in [5.74, 6) is 0.179. The maximum atomic E-state index is 10.8. The van der Waals surface area contributed by atoms with E-state index >= 15 is 0 Å². The number of alkyl halides is 1. The lowest BCUT2D eigenvalue weighted by Gasteiger charge is -2.18. The number of carboxylic acid groups (broad SMARTS) is 1. The van der Waals surface area contributed by atoms with E-state index in [1.165, 1.54) is 12.1 Å². The van der Waals surface area contributed by atoms with E-state index in [4.69, 9.17) is 21.4 Å². The molecular formula is C16H15ClO3. The van der Waals surface area contributed by atoms with E-state index in [0.29, 0.717) is 18.1 Å². The Kier molecular flexibility index (Phi) is 5.02. The van der Waals surface area contributed by atoms with Crippen LogP contribution in [0.2, 0.25) is 0 Å². The third kappa shape index (κ3) is 3.75. The first-order chi connectivity index (χ1) is 9.70. The Bertz CT molecular complexity index is 552. The molecule has 0 aliphatic rings. The zero-order valence-corrected chi connectivity index (χ0v) is 11.6. The van der Waals surface area contributed by atoms with Gasteiger partial charge in [0.2, 0.25) is 0 Å². The molecule has 0 saturated carbocycles. The summed E-state index contributed by atoms with van der Waals surface area (Å²) >= 11 is 5.82. The number of hydrogen-bond donors (Lipinski definition) is 1. The van der Waals surface area contributed by atoms with Crippen LogP contribution in [0.25, 0.3) is 0 Å². The summed E-state index contributed by atoms with van der Waals surface area (Å²) in [6, 6.07) is 16.2. The van der Waals surface area contributed by atoms with Crippen LogP contribution < -0.4 is 4.74 Å². The van der Waals surface area contributed by atoms with E-state index < -0.39 is 5.97 Å². The topological polar surface area (TPSA) is 46.5 Å². The third-order valence-electron chi connectivity index (χ3n) is 2.92. The Hall–Kier alpha value is -2.00. The highest BCUT2D eigenvalue weighted by atomic mass is 35.5. The number of halogens is 1. The van der Waals surface area contributed by atoms with E-state index in [-0.39, 0.29) is 11.7 Å². The van der Waals surface area contributed by atoms with Crippen LogP contribution in [0.5, 0.6) is 5.75 Å². The summed E-state index contributed by atoms with van der Waals surface area (Å²) in [6.45, 7) is 0. The minimum atomic E-state index is -0.947. The Balaban J connectivity index is 2.14. The van der Waals surface area contributed by atoms with Crippen molar-refractivity contribution in [2.75, 3.05) is 5.88 Å². The second kappa shape index (κ2) is 6.96. The van der Waals surface area contributed by atoms with Gasteiger partial charge >= 0.3 is 5.97 Å². The number of benzene rings is 2. The predicted octanol–water partition coefficient (Wildman–Crippen LogP) is 4.13. The van der Waals surface area contributed by atoms with Crippen molar-refractivity contribution >= 4 is 17.6 Å². The molecule has 1 atom stereocenters. The molecule has 0 aliphatic carbocycles. The van der Waals surface area contributed by atoms with Crippen molar-refractivity contribution in [3.05, 3.63) is 65.7 Å². The van der Waals surface area contributed by atoms with Gasteiger partial charge in [0.25, 0.3) is 0 Å². The minimum absolute atomic E-state index is 0.135. The van der Waals surface area contributed by atoms with Crippen LogP contribution in [-0.2, 0) is 0 Å². The Morgan fingerprint density at radius 3 is 2.30 bits per heavy atom. The first-order valence-electron chi connectivity index (χ1n) is 6.31. The fraction of sp³-hybridized carbons (Fsp3) is 0.188. The molecule has 0 aliphatic heterocycles. The van der Waals surface area contributed by atoms with Gasteiger partial charge in [0.15, 0.2) is 0 Å². The summed E-state index contributed by atoms with van der Waals surface area (Å²) in [5, 5.41) is 8.86. The number of ether oxygens (including phenoxy) is 1. The van der Waals surface area contributed by atoms with Gasteiger partial charge in [-0.3, -0.25) is 0 Å². The maximum Gasteiger partial charge on any atom is 0.335 e. The third-order valence-corrected chi connectivity index (χ3v) is 3.14. The van der Waals surface area contributed by atoms with E-state index in [0.717, 1.165) is 5.56 Å². The largest absolute Gasteiger partial charge is 0.486 e. The highest BCUT2D eigenvalue weighted by Crippen LogP contribution is 2.25. The van der Waals surface area contributed by atoms with Crippen LogP contribution in [-0.4, -0.2) is 17.0 Å². The van der Waals surface area contributed by atoms with E-state index in [9.17, 15) is 4.79 Å². The summed E-state index contributed by atoms with van der Waals surface area (Å²) in [4.78, 5) is 10.8. The van der Waals surface area contributed by atoms with Crippen molar-refractivity contribution in [1.29, 1.82) is 0 Å². The quantitative estimate of drug-likeness (QED) is 0.814. The number of hydrogen-bond acceptors (Lipinski definition) is 2. The van der Waals surface area contributed by atoms with Gasteiger partial charge in [-0.15, -0.1) is 11.6 Å². The van der Waals surface area contributed by atoms with Gasteiger partial charge in [-0.1, -0.05) is 30.3 Å². The number of carbonyl (C=O) groups is 1. The smallest absolute Gasteiger partial charge is 0.335 e.